The number of hydrogen-bond donors (Lipinski definition) is 3. The number of aliphatic hydroxyl groups excluding tert-OH is 1. The lowest BCUT2D eigenvalue weighted by Gasteiger charge is -2.25. The van der Waals surface area contributed by atoms with Gasteiger partial charge in [0.15, 0.2) is 6.23 Å². The lowest BCUT2D eigenvalue weighted by Crippen LogP contribution is -2.24. The van der Waals surface area contributed by atoms with Gasteiger partial charge in [0.1, 0.15) is 0 Å². The van der Waals surface area contributed by atoms with Gasteiger partial charge < -0.3 is 10.4 Å². The van der Waals surface area contributed by atoms with E-state index in [1.807, 2.05) is 53.6 Å². The summed E-state index contributed by atoms with van der Waals surface area (Å²) in [5.74, 6) is -2.92. The molecule has 0 saturated heterocycles. The zero-order valence-electron chi connectivity index (χ0n) is 29.9. The Morgan fingerprint density at radius 1 is 0.750 bits per heavy atom. The van der Waals surface area contributed by atoms with E-state index in [0.29, 0.717) is 28.9 Å². The van der Waals surface area contributed by atoms with Gasteiger partial charge in [0.25, 0.3) is 17.2 Å². The van der Waals surface area contributed by atoms with Gasteiger partial charge in [0, 0.05) is 23.3 Å². The minimum atomic E-state index is -4.67. The summed E-state index contributed by atoms with van der Waals surface area (Å²) in [5, 5.41) is 18.7. The van der Waals surface area contributed by atoms with Crippen molar-refractivity contribution in [2.24, 2.45) is 0 Å². The fraction of sp³-hybridized carbons (Fsp3) is 0.417. The third-order valence-electron chi connectivity index (χ3n) is 8.69. The van der Waals surface area contributed by atoms with Gasteiger partial charge in [-0.3, -0.25) is 9.89 Å². The maximum absolute atomic E-state index is 12.8. The van der Waals surface area contributed by atoms with Gasteiger partial charge in [-0.05, 0) is 53.4 Å². The van der Waals surface area contributed by atoms with Gasteiger partial charge >= 0.3 is 12.4 Å². The first-order valence-electron chi connectivity index (χ1n) is 16.4. The number of alkyl halides is 6. The molecule has 1 aliphatic heterocycles. The van der Waals surface area contributed by atoms with Gasteiger partial charge in [-0.2, -0.15) is 45.5 Å². The van der Waals surface area contributed by atoms with Crippen LogP contribution in [0.3, 0.4) is 0 Å². The number of nitrogens with zero attached hydrogens (tertiary/aromatic N) is 6. The van der Waals surface area contributed by atoms with E-state index in [-0.39, 0.29) is 29.0 Å². The van der Waals surface area contributed by atoms with Gasteiger partial charge in [0.2, 0.25) is 11.8 Å². The number of hydrogen-bond acceptors (Lipinski definition) is 7. The quantitative estimate of drug-likeness (QED) is 0.162. The van der Waals surface area contributed by atoms with Crippen LogP contribution in [0.2, 0.25) is 0 Å². The molecule has 3 N–H and O–H groups in total. The second-order valence-electron chi connectivity index (χ2n) is 14.8. The summed E-state index contributed by atoms with van der Waals surface area (Å²) in [4.78, 5) is 23.4. The summed E-state index contributed by atoms with van der Waals surface area (Å²) in [6, 6.07) is 15.8. The largest absolute Gasteiger partial charge is 0.453 e. The number of aliphatic hydroxyl groups is 1. The van der Waals surface area contributed by atoms with Crippen molar-refractivity contribution in [1.82, 2.24) is 34.3 Å². The zero-order chi connectivity index (χ0) is 38.6. The molecule has 1 atom stereocenters. The molecule has 1 aliphatic rings. The van der Waals surface area contributed by atoms with Crippen molar-refractivity contribution < 1.29 is 31.4 Å². The van der Waals surface area contributed by atoms with Crippen LogP contribution in [0.25, 0.3) is 5.78 Å². The third-order valence-corrected chi connectivity index (χ3v) is 8.69. The van der Waals surface area contributed by atoms with E-state index >= 15 is 0 Å². The molecule has 4 heterocycles. The number of aromatic amines is 1. The molecule has 52 heavy (non-hydrogen) atoms. The van der Waals surface area contributed by atoms with E-state index < -0.39 is 35.8 Å². The summed E-state index contributed by atoms with van der Waals surface area (Å²) in [7, 11) is 0. The maximum atomic E-state index is 12.8. The molecule has 0 fully saturated rings. The number of fused-ring (bicyclic) bond motifs is 2. The Hall–Kier alpha value is -4.99. The molecular formula is C36H40F6N8O2. The summed E-state index contributed by atoms with van der Waals surface area (Å²) in [5.41, 5.74) is 5.49. The van der Waals surface area contributed by atoms with Crippen LogP contribution in [0, 0.1) is 6.92 Å². The molecule has 2 aromatic carbocycles. The van der Waals surface area contributed by atoms with E-state index in [4.69, 9.17) is 0 Å². The first-order chi connectivity index (χ1) is 23.9. The first kappa shape index (κ1) is 38.2. The highest BCUT2D eigenvalue weighted by Crippen LogP contribution is 2.34. The molecule has 10 nitrogen and oxygen atoms in total. The minimum Gasteiger partial charge on any atom is -0.368 e. The number of halogens is 6. The van der Waals surface area contributed by atoms with Gasteiger partial charge in [-0.25, -0.2) is 4.98 Å². The summed E-state index contributed by atoms with van der Waals surface area (Å²) in [6.45, 7) is 16.0. The summed E-state index contributed by atoms with van der Waals surface area (Å²) in [6.07, 6.45) is -9.95. The standard InChI is InChI=1S/C18H21F3N4O.C18H19F3N4O/c2*1-10-13(9-11-5-7-12(8-6-11)17(2,3)4)14(26)25-16(22-10)23-15(24-25)18(19,20)21/h5-8,14,26H,9H2,1-4H3,(H,22,23,24);5-8H,9H2,1-4H3,(H,22,23,24). The van der Waals surface area contributed by atoms with E-state index in [1.54, 1.807) is 13.8 Å². The Labute approximate surface area is 295 Å². The van der Waals surface area contributed by atoms with Gasteiger partial charge in [-0.15, -0.1) is 5.10 Å². The topological polar surface area (TPSA) is 126 Å². The first-order valence-corrected chi connectivity index (χ1v) is 16.4. The molecule has 278 valence electrons. The average Bonchev–Trinajstić information content (AvgIpc) is 3.67. The fourth-order valence-corrected chi connectivity index (χ4v) is 5.57. The lowest BCUT2D eigenvalue weighted by molar-refractivity contribution is -0.145. The fourth-order valence-electron chi connectivity index (χ4n) is 5.57. The Kier molecular flexibility index (Phi) is 9.95. The molecule has 0 spiro atoms. The molecule has 0 radical (unpaired) electrons. The number of aryl methyl sites for hydroxylation is 1. The van der Waals surface area contributed by atoms with Crippen molar-refractivity contribution in [1.29, 1.82) is 0 Å². The third kappa shape index (κ3) is 8.22. The summed E-state index contributed by atoms with van der Waals surface area (Å²) >= 11 is 0. The van der Waals surface area contributed by atoms with Crippen LogP contribution in [0.1, 0.15) is 99.9 Å². The second-order valence-corrected chi connectivity index (χ2v) is 14.8. The molecule has 5 aromatic rings. The smallest absolute Gasteiger partial charge is 0.368 e. The Morgan fingerprint density at radius 2 is 1.27 bits per heavy atom. The van der Waals surface area contributed by atoms with Crippen LogP contribution in [0.4, 0.5) is 32.3 Å². The monoisotopic (exact) mass is 730 g/mol. The van der Waals surface area contributed by atoms with E-state index in [9.17, 15) is 36.2 Å². The van der Waals surface area contributed by atoms with E-state index in [1.165, 1.54) is 5.56 Å². The van der Waals surface area contributed by atoms with Crippen LogP contribution in [-0.2, 0) is 36.0 Å². The molecule has 0 aliphatic carbocycles. The van der Waals surface area contributed by atoms with Crippen LogP contribution in [-0.4, -0.2) is 39.5 Å². The average molecular weight is 731 g/mol. The van der Waals surface area contributed by atoms with Gasteiger partial charge in [0.05, 0.1) is 5.69 Å². The minimum absolute atomic E-state index is 0.0123. The number of aromatic nitrogens is 7. The van der Waals surface area contributed by atoms with Crippen LogP contribution < -0.4 is 10.9 Å². The Balaban J connectivity index is 0.000000201. The molecule has 16 heteroatoms. The van der Waals surface area contributed by atoms with E-state index in [0.717, 1.165) is 25.9 Å². The van der Waals surface area contributed by atoms with Crippen molar-refractivity contribution in [2.75, 3.05) is 5.32 Å². The molecular weight excluding hydrogens is 690 g/mol. The Morgan fingerprint density at radius 3 is 1.75 bits per heavy atom. The summed E-state index contributed by atoms with van der Waals surface area (Å²) < 4.78 is 78.5. The maximum Gasteiger partial charge on any atom is 0.453 e. The second kappa shape index (κ2) is 13.5. The zero-order valence-corrected chi connectivity index (χ0v) is 29.9. The van der Waals surface area contributed by atoms with Crippen LogP contribution >= 0.6 is 0 Å². The van der Waals surface area contributed by atoms with E-state index in [2.05, 4.69) is 66.9 Å². The molecule has 3 aromatic heterocycles. The number of allylic oxidation sites excluding steroid dienone is 1. The Bertz CT molecular complexity index is 2160. The normalized spacial score (nSPS) is 15.3. The molecule has 0 bridgehead atoms. The number of benzene rings is 2. The molecule has 6 rings (SSSR count). The number of nitrogens with one attached hydrogen (secondary N) is 2. The number of H-pyrrole nitrogens is 1. The molecule has 1 unspecified atom stereocenters. The van der Waals surface area contributed by atoms with Crippen molar-refractivity contribution in [3.8, 4) is 0 Å². The predicted molar refractivity (Wildman–Crippen MR) is 183 cm³/mol. The number of anilines is 1. The lowest BCUT2D eigenvalue weighted by atomic mass is 9.86. The van der Waals surface area contributed by atoms with Crippen molar-refractivity contribution in [3.63, 3.8) is 0 Å². The highest BCUT2D eigenvalue weighted by molar-refractivity contribution is 5.44. The molecule has 0 amide bonds. The van der Waals surface area contributed by atoms with Crippen molar-refractivity contribution >= 4 is 11.7 Å². The number of rotatable bonds is 4. The van der Waals surface area contributed by atoms with Crippen molar-refractivity contribution in [2.45, 2.75) is 97.6 Å². The van der Waals surface area contributed by atoms with Crippen LogP contribution in [0.5, 0.6) is 0 Å². The SMILES string of the molecule is CC1=C(Cc2ccc(C(C)(C)C)cc2)C(O)n2nc(C(F)(F)F)nc2N1.Cc1nc2nc(C(F)(F)F)[nH]n2c(=O)c1Cc1ccc(C(C)(C)C)cc1. The van der Waals surface area contributed by atoms with Crippen LogP contribution in [0.15, 0.2) is 64.6 Å². The highest BCUT2D eigenvalue weighted by Gasteiger charge is 2.39. The highest BCUT2D eigenvalue weighted by atomic mass is 19.4. The molecule has 0 saturated carbocycles. The predicted octanol–water partition coefficient (Wildman–Crippen LogP) is 7.66. The van der Waals surface area contributed by atoms with Gasteiger partial charge in [-0.1, -0.05) is 90.1 Å². The van der Waals surface area contributed by atoms with Crippen molar-refractivity contribution in [3.05, 3.63) is 115 Å².